The van der Waals surface area contributed by atoms with Crippen molar-refractivity contribution in [3.63, 3.8) is 0 Å². The third kappa shape index (κ3) is 3.89. The minimum Gasteiger partial charge on any atom is -0.395 e. The summed E-state index contributed by atoms with van der Waals surface area (Å²) in [6.07, 6.45) is 4.09. The van der Waals surface area contributed by atoms with Gasteiger partial charge in [0.15, 0.2) is 0 Å². The van der Waals surface area contributed by atoms with E-state index in [0.29, 0.717) is 18.4 Å². The molecule has 3 aliphatic rings. The molecule has 0 radical (unpaired) electrons. The Labute approximate surface area is 183 Å². The zero-order valence-corrected chi connectivity index (χ0v) is 18.6. The number of hydrogen-bond acceptors (Lipinski definition) is 6. The monoisotopic (exact) mass is 423 g/mol. The van der Waals surface area contributed by atoms with E-state index in [0.717, 1.165) is 80.5 Å². The van der Waals surface area contributed by atoms with Crippen molar-refractivity contribution in [3.8, 4) is 0 Å². The Kier molecular flexibility index (Phi) is 5.56. The number of piperidine rings is 1. The van der Waals surface area contributed by atoms with Gasteiger partial charge in [0.05, 0.1) is 6.61 Å². The minimum atomic E-state index is 0.162. The number of nitrogens with zero attached hydrogens (tertiary/aromatic N) is 5. The van der Waals surface area contributed by atoms with Crippen molar-refractivity contribution >= 4 is 5.82 Å². The summed E-state index contributed by atoms with van der Waals surface area (Å²) >= 11 is 0. The highest BCUT2D eigenvalue weighted by Gasteiger charge is 2.36. The fraction of sp³-hybridized carbons (Fsp3) is 0.625. The fourth-order valence-electron chi connectivity index (χ4n) is 5.76. The van der Waals surface area contributed by atoms with E-state index >= 15 is 0 Å². The number of hydrogen-bond donors (Lipinski definition) is 1. The van der Waals surface area contributed by atoms with E-state index in [1.165, 1.54) is 0 Å². The van der Waals surface area contributed by atoms with Gasteiger partial charge in [0.1, 0.15) is 11.6 Å². The summed E-state index contributed by atoms with van der Waals surface area (Å²) in [6, 6.07) is 6.49. The van der Waals surface area contributed by atoms with Gasteiger partial charge >= 0.3 is 0 Å². The number of fused-ring (bicyclic) bond motifs is 4. The predicted molar refractivity (Wildman–Crippen MR) is 120 cm³/mol. The Morgan fingerprint density at radius 1 is 1.19 bits per heavy atom. The molecule has 2 aromatic rings. The van der Waals surface area contributed by atoms with Crippen molar-refractivity contribution in [1.29, 1.82) is 0 Å². The molecule has 0 aliphatic carbocycles. The molecule has 7 heteroatoms. The Hall–Kier alpha value is -2.25. The van der Waals surface area contributed by atoms with E-state index in [1.807, 2.05) is 17.6 Å². The molecule has 2 aromatic heterocycles. The number of likely N-dealkylation sites (tertiary alicyclic amines) is 1. The summed E-state index contributed by atoms with van der Waals surface area (Å²) in [7, 11) is 0. The van der Waals surface area contributed by atoms with Crippen molar-refractivity contribution in [2.24, 2.45) is 5.92 Å². The molecule has 0 saturated carbocycles. The minimum absolute atomic E-state index is 0.162. The van der Waals surface area contributed by atoms with Crippen LogP contribution in [-0.2, 0) is 19.5 Å². The fourth-order valence-corrected chi connectivity index (χ4v) is 5.76. The lowest BCUT2D eigenvalue weighted by molar-refractivity contribution is 0.153. The standard InChI is InChI=1S/C24H33N5O2/c1-3-22-25-16(2)9-23(26-22)28-11-17-10-19(14-28)21-7-6-18(24(31)29(21)12-17)13-27-8-4-5-20(27)15-30/h6-7,9,17,19-20,30H,3-5,8,10-15H2,1-2H3/t17-,19+,20+/m0/s1. The van der Waals surface area contributed by atoms with Gasteiger partial charge in [-0.3, -0.25) is 9.69 Å². The number of rotatable bonds is 5. The number of aliphatic hydroxyl groups excluding tert-OH is 1. The van der Waals surface area contributed by atoms with E-state index in [-0.39, 0.29) is 18.2 Å². The van der Waals surface area contributed by atoms with Crippen LogP contribution in [-0.4, -0.2) is 56.8 Å². The van der Waals surface area contributed by atoms with Crippen LogP contribution in [0.2, 0.25) is 0 Å². The van der Waals surface area contributed by atoms with E-state index in [1.54, 1.807) is 0 Å². The molecule has 3 atom stereocenters. The van der Waals surface area contributed by atoms with Crippen LogP contribution in [0.5, 0.6) is 0 Å². The molecule has 0 amide bonds. The van der Waals surface area contributed by atoms with Gasteiger partial charge in [-0.15, -0.1) is 0 Å². The lowest BCUT2D eigenvalue weighted by Crippen LogP contribution is -2.48. The van der Waals surface area contributed by atoms with Crippen molar-refractivity contribution in [1.82, 2.24) is 19.4 Å². The maximum Gasteiger partial charge on any atom is 0.255 e. The van der Waals surface area contributed by atoms with Crippen molar-refractivity contribution in [2.45, 2.75) is 64.6 Å². The van der Waals surface area contributed by atoms with Crippen LogP contribution < -0.4 is 10.5 Å². The first-order valence-electron chi connectivity index (χ1n) is 11.7. The smallest absolute Gasteiger partial charge is 0.255 e. The third-order valence-electron chi connectivity index (χ3n) is 7.29. The van der Waals surface area contributed by atoms with Gasteiger partial charge < -0.3 is 14.6 Å². The lowest BCUT2D eigenvalue weighted by atomic mass is 9.83. The largest absolute Gasteiger partial charge is 0.395 e. The summed E-state index contributed by atoms with van der Waals surface area (Å²) in [5.41, 5.74) is 3.20. The second kappa shape index (κ2) is 8.36. The average molecular weight is 424 g/mol. The van der Waals surface area contributed by atoms with Crippen LogP contribution in [0.1, 0.15) is 54.9 Å². The molecular weight excluding hydrogens is 390 g/mol. The van der Waals surface area contributed by atoms with Crippen LogP contribution >= 0.6 is 0 Å². The maximum atomic E-state index is 13.3. The van der Waals surface area contributed by atoms with Crippen LogP contribution in [0, 0.1) is 12.8 Å². The Morgan fingerprint density at radius 2 is 2.06 bits per heavy atom. The van der Waals surface area contributed by atoms with Gasteiger partial charge in [-0.25, -0.2) is 9.97 Å². The summed E-state index contributed by atoms with van der Waals surface area (Å²) in [5.74, 6) is 2.73. The topological polar surface area (TPSA) is 74.5 Å². The molecule has 166 valence electrons. The number of pyridine rings is 1. The number of aromatic nitrogens is 3. The first-order valence-corrected chi connectivity index (χ1v) is 11.7. The normalized spacial score (nSPS) is 25.6. The van der Waals surface area contributed by atoms with Crippen LogP contribution in [0.15, 0.2) is 23.0 Å². The van der Waals surface area contributed by atoms with Gasteiger partial charge in [0.2, 0.25) is 0 Å². The van der Waals surface area contributed by atoms with Gasteiger partial charge in [0, 0.05) is 67.6 Å². The number of aliphatic hydroxyl groups is 1. The summed E-state index contributed by atoms with van der Waals surface area (Å²) in [6.45, 7) is 8.52. The van der Waals surface area contributed by atoms with Gasteiger partial charge in [0.25, 0.3) is 5.56 Å². The number of aryl methyl sites for hydroxylation is 2. The van der Waals surface area contributed by atoms with Crippen LogP contribution in [0.25, 0.3) is 0 Å². The molecular formula is C24H33N5O2. The Morgan fingerprint density at radius 3 is 2.87 bits per heavy atom. The molecule has 5 rings (SSSR count). The summed E-state index contributed by atoms with van der Waals surface area (Å²) in [4.78, 5) is 27.3. The second-order valence-corrected chi connectivity index (χ2v) is 9.49. The second-order valence-electron chi connectivity index (χ2n) is 9.49. The van der Waals surface area contributed by atoms with Crippen LogP contribution in [0.3, 0.4) is 0 Å². The van der Waals surface area contributed by atoms with E-state index in [4.69, 9.17) is 4.98 Å². The Bertz CT molecular complexity index is 1020. The molecule has 7 nitrogen and oxygen atoms in total. The van der Waals surface area contributed by atoms with Crippen LogP contribution in [0.4, 0.5) is 5.82 Å². The van der Waals surface area contributed by atoms with Gasteiger partial charge in [-0.2, -0.15) is 0 Å². The predicted octanol–water partition coefficient (Wildman–Crippen LogP) is 2.09. The summed E-state index contributed by atoms with van der Waals surface area (Å²) < 4.78 is 2.04. The first-order chi connectivity index (χ1) is 15.1. The molecule has 0 unspecified atom stereocenters. The summed E-state index contributed by atoms with van der Waals surface area (Å²) in [5, 5.41) is 9.61. The zero-order chi connectivity index (χ0) is 21.5. The van der Waals surface area contributed by atoms with E-state index < -0.39 is 0 Å². The molecule has 5 heterocycles. The highest BCUT2D eigenvalue weighted by molar-refractivity contribution is 5.42. The molecule has 1 N–H and O–H groups in total. The maximum absolute atomic E-state index is 13.3. The SMILES string of the molecule is CCc1nc(C)cc(N2C[C@@H]3C[C@H](C2)c2ccc(CN4CCC[C@@H]4CO)c(=O)n2C3)n1. The third-order valence-corrected chi connectivity index (χ3v) is 7.29. The Balaban J connectivity index is 1.40. The van der Waals surface area contributed by atoms with E-state index in [9.17, 15) is 9.90 Å². The average Bonchev–Trinajstić information content (AvgIpc) is 3.22. The van der Waals surface area contributed by atoms with Gasteiger partial charge in [-0.1, -0.05) is 13.0 Å². The van der Waals surface area contributed by atoms with Crippen molar-refractivity contribution in [2.75, 3.05) is 31.1 Å². The molecule has 2 bridgehead atoms. The molecule has 0 aromatic carbocycles. The van der Waals surface area contributed by atoms with Crippen molar-refractivity contribution in [3.05, 3.63) is 51.3 Å². The van der Waals surface area contributed by atoms with E-state index in [2.05, 4.69) is 33.8 Å². The molecule has 3 aliphatic heterocycles. The van der Waals surface area contributed by atoms with Crippen molar-refractivity contribution < 1.29 is 5.11 Å². The quantitative estimate of drug-likeness (QED) is 0.794. The molecule has 2 saturated heterocycles. The highest BCUT2D eigenvalue weighted by atomic mass is 16.3. The zero-order valence-electron chi connectivity index (χ0n) is 18.6. The molecule has 31 heavy (non-hydrogen) atoms. The molecule has 2 fully saturated rings. The number of anilines is 1. The lowest BCUT2D eigenvalue weighted by Gasteiger charge is -2.43. The molecule has 0 spiro atoms. The van der Waals surface area contributed by atoms with Gasteiger partial charge in [-0.05, 0) is 44.7 Å². The highest BCUT2D eigenvalue weighted by Crippen LogP contribution is 2.37. The first kappa shape index (κ1) is 20.6.